The summed E-state index contributed by atoms with van der Waals surface area (Å²) in [6.45, 7) is 3.09. The zero-order valence-electron chi connectivity index (χ0n) is 21.7. The molecule has 0 aliphatic carbocycles. The molecule has 10 heteroatoms. The maximum absolute atomic E-state index is 13.9. The van der Waals surface area contributed by atoms with Gasteiger partial charge in [0.2, 0.25) is 11.8 Å². The van der Waals surface area contributed by atoms with E-state index in [0.717, 1.165) is 5.56 Å². The first-order valence-corrected chi connectivity index (χ1v) is 14.5. The first kappa shape index (κ1) is 28.3. The minimum Gasteiger partial charge on any atom is -0.352 e. The van der Waals surface area contributed by atoms with Gasteiger partial charge in [-0.2, -0.15) is 0 Å². The van der Waals surface area contributed by atoms with E-state index >= 15 is 0 Å². The molecule has 0 aromatic heterocycles. The topological polar surface area (TPSA) is 104 Å². The summed E-state index contributed by atoms with van der Waals surface area (Å²) in [7, 11) is -4.21. The molecule has 0 saturated heterocycles. The molecule has 8 nitrogen and oxygen atoms in total. The minimum absolute atomic E-state index is 0.0104. The van der Waals surface area contributed by atoms with Crippen molar-refractivity contribution in [3.05, 3.63) is 101 Å². The molecule has 1 aliphatic rings. The van der Waals surface area contributed by atoms with Crippen LogP contribution in [-0.2, 0) is 32.6 Å². The average Bonchev–Trinajstić information content (AvgIpc) is 3.12. The van der Waals surface area contributed by atoms with Crippen molar-refractivity contribution in [2.24, 2.45) is 0 Å². The molecule has 0 spiro atoms. The molecule has 0 bridgehead atoms. The van der Waals surface area contributed by atoms with E-state index < -0.39 is 34.4 Å². The summed E-state index contributed by atoms with van der Waals surface area (Å²) in [4.78, 5) is 41.7. The summed E-state index contributed by atoms with van der Waals surface area (Å²) < 4.78 is 26.9. The van der Waals surface area contributed by atoms with E-state index in [0.29, 0.717) is 21.3 Å². The second kappa shape index (κ2) is 12.0. The van der Waals surface area contributed by atoms with Gasteiger partial charge in [-0.25, -0.2) is 12.7 Å². The first-order chi connectivity index (χ1) is 18.6. The van der Waals surface area contributed by atoms with E-state index in [1.54, 1.807) is 30.3 Å². The third-order valence-electron chi connectivity index (χ3n) is 6.73. The Morgan fingerprint density at radius 2 is 1.59 bits per heavy atom. The molecular formula is C29H30ClN3O5S. The van der Waals surface area contributed by atoms with Crippen molar-refractivity contribution in [3.8, 4) is 0 Å². The molecule has 39 heavy (non-hydrogen) atoms. The van der Waals surface area contributed by atoms with Gasteiger partial charge in [0.15, 0.2) is 0 Å². The molecule has 1 aliphatic heterocycles. The van der Waals surface area contributed by atoms with Crippen molar-refractivity contribution in [1.82, 2.24) is 14.5 Å². The fourth-order valence-electron chi connectivity index (χ4n) is 4.38. The van der Waals surface area contributed by atoms with Crippen LogP contribution in [0.3, 0.4) is 0 Å². The molecule has 0 fully saturated rings. The van der Waals surface area contributed by atoms with E-state index in [9.17, 15) is 22.8 Å². The van der Waals surface area contributed by atoms with Crippen molar-refractivity contribution in [3.63, 3.8) is 0 Å². The number of hydrogen-bond acceptors (Lipinski definition) is 5. The number of sulfonamides is 1. The standard InChI is InChI=1S/C29H30ClN3O5S/c1-3-20(2)31-28(35)25(17-21-9-5-4-6-10-21)32(18-22-13-15-23(30)16-14-22)27(34)19-33-29(36)24-11-7-8-12-26(24)39(33,37)38/h4-16,20,25H,3,17-19H2,1-2H3,(H,31,35). The summed E-state index contributed by atoms with van der Waals surface area (Å²) in [6, 6.07) is 20.8. The van der Waals surface area contributed by atoms with Gasteiger partial charge in [-0.15, -0.1) is 0 Å². The maximum atomic E-state index is 13.9. The highest BCUT2D eigenvalue weighted by atomic mass is 35.5. The predicted molar refractivity (Wildman–Crippen MR) is 148 cm³/mol. The Morgan fingerprint density at radius 1 is 0.949 bits per heavy atom. The Morgan fingerprint density at radius 3 is 2.23 bits per heavy atom. The Kier molecular flexibility index (Phi) is 8.72. The predicted octanol–water partition coefficient (Wildman–Crippen LogP) is 4.04. The Bertz CT molecular complexity index is 1460. The second-order valence-electron chi connectivity index (χ2n) is 9.48. The van der Waals surface area contributed by atoms with Crippen molar-refractivity contribution in [2.45, 2.75) is 50.2 Å². The molecule has 3 amide bonds. The van der Waals surface area contributed by atoms with E-state index in [1.165, 1.54) is 23.1 Å². The van der Waals surface area contributed by atoms with Crippen LogP contribution in [0.4, 0.5) is 0 Å². The molecule has 4 rings (SSSR count). The van der Waals surface area contributed by atoms with Crippen LogP contribution in [-0.4, -0.2) is 54.0 Å². The molecule has 3 aromatic rings. The summed E-state index contributed by atoms with van der Waals surface area (Å²) >= 11 is 6.05. The van der Waals surface area contributed by atoms with E-state index in [1.807, 2.05) is 44.2 Å². The fourth-order valence-corrected chi connectivity index (χ4v) is 6.03. The number of halogens is 1. The van der Waals surface area contributed by atoms with Crippen molar-refractivity contribution >= 4 is 39.3 Å². The second-order valence-corrected chi connectivity index (χ2v) is 11.8. The normalized spacial score (nSPS) is 15.4. The van der Waals surface area contributed by atoms with Crippen LogP contribution in [0, 0.1) is 0 Å². The van der Waals surface area contributed by atoms with Gasteiger partial charge in [0.25, 0.3) is 15.9 Å². The zero-order valence-corrected chi connectivity index (χ0v) is 23.3. The molecule has 3 aromatic carbocycles. The molecule has 0 radical (unpaired) electrons. The highest BCUT2D eigenvalue weighted by molar-refractivity contribution is 7.90. The summed E-state index contributed by atoms with van der Waals surface area (Å²) in [5.74, 6) is -1.81. The summed E-state index contributed by atoms with van der Waals surface area (Å²) in [6.07, 6.45) is 0.886. The zero-order chi connectivity index (χ0) is 28.2. The number of benzene rings is 3. The molecule has 1 N–H and O–H groups in total. The van der Waals surface area contributed by atoms with E-state index in [-0.39, 0.29) is 35.4 Å². The highest BCUT2D eigenvalue weighted by Crippen LogP contribution is 2.30. The number of nitrogens with zero attached hydrogens (tertiary/aromatic N) is 2. The largest absolute Gasteiger partial charge is 0.352 e. The van der Waals surface area contributed by atoms with E-state index in [4.69, 9.17) is 11.6 Å². The molecule has 2 unspecified atom stereocenters. The average molecular weight is 568 g/mol. The highest BCUT2D eigenvalue weighted by Gasteiger charge is 2.43. The number of carbonyl (C=O) groups is 3. The Labute approximate surface area is 233 Å². The van der Waals surface area contributed by atoms with Crippen LogP contribution < -0.4 is 5.32 Å². The van der Waals surface area contributed by atoms with Gasteiger partial charge in [0, 0.05) is 24.0 Å². The lowest BCUT2D eigenvalue weighted by atomic mass is 10.0. The van der Waals surface area contributed by atoms with Crippen molar-refractivity contribution in [2.75, 3.05) is 6.54 Å². The molecule has 204 valence electrons. The van der Waals surface area contributed by atoms with E-state index in [2.05, 4.69) is 5.32 Å². The molecule has 2 atom stereocenters. The lowest BCUT2D eigenvalue weighted by Crippen LogP contribution is -2.54. The quantitative estimate of drug-likeness (QED) is 0.398. The van der Waals surface area contributed by atoms with Crippen molar-refractivity contribution in [1.29, 1.82) is 0 Å². The van der Waals surface area contributed by atoms with Crippen LogP contribution >= 0.6 is 11.6 Å². The van der Waals surface area contributed by atoms with Gasteiger partial charge in [0.05, 0.1) is 5.56 Å². The van der Waals surface area contributed by atoms with Gasteiger partial charge < -0.3 is 10.2 Å². The number of nitrogens with one attached hydrogen (secondary N) is 1. The third kappa shape index (κ3) is 6.32. The Hall–Kier alpha value is -3.69. The molecule has 0 saturated carbocycles. The lowest BCUT2D eigenvalue weighted by Gasteiger charge is -2.33. The van der Waals surface area contributed by atoms with Crippen LogP contribution in [0.25, 0.3) is 0 Å². The Balaban J connectivity index is 1.71. The number of carbonyl (C=O) groups excluding carboxylic acids is 3. The van der Waals surface area contributed by atoms with Crippen LogP contribution in [0.5, 0.6) is 0 Å². The number of rotatable bonds is 10. The monoisotopic (exact) mass is 567 g/mol. The molecular weight excluding hydrogens is 538 g/mol. The molecule has 1 heterocycles. The third-order valence-corrected chi connectivity index (χ3v) is 8.77. The van der Waals surface area contributed by atoms with Crippen LogP contribution in [0.2, 0.25) is 5.02 Å². The lowest BCUT2D eigenvalue weighted by molar-refractivity contribution is -0.141. The van der Waals surface area contributed by atoms with Gasteiger partial charge in [0.1, 0.15) is 17.5 Å². The summed E-state index contributed by atoms with van der Waals surface area (Å²) in [5.41, 5.74) is 1.54. The number of hydrogen-bond donors (Lipinski definition) is 1. The van der Waals surface area contributed by atoms with Gasteiger partial charge in [-0.3, -0.25) is 14.4 Å². The smallest absolute Gasteiger partial charge is 0.269 e. The van der Waals surface area contributed by atoms with Crippen LogP contribution in [0.15, 0.2) is 83.8 Å². The van der Waals surface area contributed by atoms with Crippen LogP contribution in [0.1, 0.15) is 41.8 Å². The SMILES string of the molecule is CCC(C)NC(=O)C(Cc1ccccc1)N(Cc1ccc(Cl)cc1)C(=O)CN1C(=O)c2ccccc2S1(=O)=O. The summed E-state index contributed by atoms with van der Waals surface area (Å²) in [5, 5.41) is 3.47. The van der Waals surface area contributed by atoms with Crippen molar-refractivity contribution < 1.29 is 22.8 Å². The maximum Gasteiger partial charge on any atom is 0.269 e. The van der Waals surface area contributed by atoms with Gasteiger partial charge in [-0.05, 0) is 48.7 Å². The fraction of sp³-hybridized carbons (Fsp3) is 0.276. The van der Waals surface area contributed by atoms with Gasteiger partial charge >= 0.3 is 0 Å². The number of fused-ring (bicyclic) bond motifs is 1. The number of amides is 3. The first-order valence-electron chi connectivity index (χ1n) is 12.7. The van der Waals surface area contributed by atoms with Gasteiger partial charge in [-0.1, -0.05) is 73.1 Å². The minimum atomic E-state index is -4.21.